The van der Waals surface area contributed by atoms with Gasteiger partial charge in [0.25, 0.3) is 0 Å². The second-order valence-electron chi connectivity index (χ2n) is 3.22. The van der Waals surface area contributed by atoms with Gasteiger partial charge in [0.1, 0.15) is 0 Å². The van der Waals surface area contributed by atoms with Gasteiger partial charge in [-0.25, -0.2) is 4.52 Å². The van der Waals surface area contributed by atoms with E-state index in [1.54, 1.807) is 10.7 Å². The molecular weight excluding hydrogens is 150 g/mol. The van der Waals surface area contributed by atoms with Crippen LogP contribution in [0.5, 0.6) is 0 Å². The Labute approximate surface area is 71.0 Å². The molecule has 0 bridgehead atoms. The predicted octanol–water partition coefficient (Wildman–Crippen LogP) is 1.85. The highest BCUT2D eigenvalue weighted by molar-refractivity contribution is 5.46. The van der Waals surface area contributed by atoms with Crippen molar-refractivity contribution in [1.29, 1.82) is 0 Å². The minimum Gasteiger partial charge on any atom is -0.221 e. The topological polar surface area (TPSA) is 30.2 Å². The molecule has 62 valence electrons. The minimum absolute atomic E-state index is 0.560. The summed E-state index contributed by atoms with van der Waals surface area (Å²) in [6, 6.07) is 4.19. The largest absolute Gasteiger partial charge is 0.221 e. The number of rotatable bonds is 1. The van der Waals surface area contributed by atoms with Crippen molar-refractivity contribution >= 4 is 5.52 Å². The van der Waals surface area contributed by atoms with Crippen LogP contribution >= 0.6 is 0 Å². The van der Waals surface area contributed by atoms with E-state index in [0.717, 1.165) is 5.52 Å². The lowest BCUT2D eigenvalue weighted by atomic mass is 10.1. The molecule has 3 heteroatoms. The quantitative estimate of drug-likeness (QED) is 0.639. The molecule has 12 heavy (non-hydrogen) atoms. The van der Waals surface area contributed by atoms with E-state index >= 15 is 0 Å². The van der Waals surface area contributed by atoms with E-state index in [1.165, 1.54) is 5.56 Å². The molecule has 2 rings (SSSR count). The lowest BCUT2D eigenvalue weighted by molar-refractivity contribution is 0.832. The van der Waals surface area contributed by atoms with Crippen molar-refractivity contribution in [1.82, 2.24) is 14.8 Å². The van der Waals surface area contributed by atoms with Gasteiger partial charge in [0, 0.05) is 6.20 Å². The highest BCUT2D eigenvalue weighted by atomic mass is 15.4. The third kappa shape index (κ3) is 1.07. The predicted molar refractivity (Wildman–Crippen MR) is 47.1 cm³/mol. The summed E-state index contributed by atoms with van der Waals surface area (Å²) in [5.74, 6) is 0.560. The van der Waals surface area contributed by atoms with Gasteiger partial charge >= 0.3 is 0 Å². The Balaban J connectivity index is 2.60. The molecule has 0 unspecified atom stereocenters. The van der Waals surface area contributed by atoms with Crippen LogP contribution in [0.15, 0.2) is 24.5 Å². The summed E-state index contributed by atoms with van der Waals surface area (Å²) in [6.45, 7) is 4.35. The lowest BCUT2D eigenvalue weighted by Gasteiger charge is -2.03. The summed E-state index contributed by atoms with van der Waals surface area (Å²) < 4.78 is 1.77. The van der Waals surface area contributed by atoms with Crippen LogP contribution in [-0.4, -0.2) is 14.8 Å². The van der Waals surface area contributed by atoms with Gasteiger partial charge in [-0.3, -0.25) is 0 Å². The first-order valence-corrected chi connectivity index (χ1v) is 4.07. The number of pyridine rings is 1. The average molecular weight is 161 g/mol. The number of hydrogen-bond acceptors (Lipinski definition) is 2. The third-order valence-electron chi connectivity index (χ3n) is 1.99. The zero-order chi connectivity index (χ0) is 8.55. The van der Waals surface area contributed by atoms with Gasteiger partial charge in [0.15, 0.2) is 0 Å². The van der Waals surface area contributed by atoms with Crippen LogP contribution in [0.25, 0.3) is 5.52 Å². The summed E-state index contributed by atoms with van der Waals surface area (Å²) in [5.41, 5.74) is 2.38. The van der Waals surface area contributed by atoms with Crippen molar-refractivity contribution in [3.05, 3.63) is 30.1 Å². The Morgan fingerprint density at radius 1 is 1.42 bits per heavy atom. The first-order chi connectivity index (χ1) is 5.77. The summed E-state index contributed by atoms with van der Waals surface area (Å²) in [4.78, 5) is 0. The standard InChI is InChI=1S/C9H11N3/c1-7(2)8-3-4-12-9(5-8)6-10-11-12/h3-7H,1-2H3. The van der Waals surface area contributed by atoms with Crippen molar-refractivity contribution in [2.75, 3.05) is 0 Å². The Bertz CT molecular complexity index is 389. The first kappa shape index (κ1) is 7.28. The molecule has 0 aromatic carbocycles. The summed E-state index contributed by atoms with van der Waals surface area (Å²) in [7, 11) is 0. The van der Waals surface area contributed by atoms with Gasteiger partial charge in [-0.05, 0) is 23.6 Å². The van der Waals surface area contributed by atoms with E-state index in [9.17, 15) is 0 Å². The molecule has 0 N–H and O–H groups in total. The van der Waals surface area contributed by atoms with Gasteiger partial charge in [-0.2, -0.15) is 0 Å². The van der Waals surface area contributed by atoms with Crippen LogP contribution in [0.2, 0.25) is 0 Å². The molecule has 0 atom stereocenters. The molecule has 2 aromatic heterocycles. The molecule has 0 fully saturated rings. The van der Waals surface area contributed by atoms with E-state index in [0.29, 0.717) is 5.92 Å². The maximum Gasteiger partial charge on any atom is 0.0867 e. The highest BCUT2D eigenvalue weighted by Crippen LogP contribution is 2.14. The van der Waals surface area contributed by atoms with Crippen LogP contribution in [0.3, 0.4) is 0 Å². The zero-order valence-corrected chi connectivity index (χ0v) is 7.23. The van der Waals surface area contributed by atoms with E-state index < -0.39 is 0 Å². The fourth-order valence-electron chi connectivity index (χ4n) is 1.21. The van der Waals surface area contributed by atoms with E-state index in [2.05, 4.69) is 36.3 Å². The average Bonchev–Trinajstić information content (AvgIpc) is 2.49. The molecule has 0 aliphatic heterocycles. The van der Waals surface area contributed by atoms with E-state index in [4.69, 9.17) is 0 Å². The molecule has 0 aliphatic rings. The van der Waals surface area contributed by atoms with Crippen LogP contribution in [0, 0.1) is 0 Å². The smallest absolute Gasteiger partial charge is 0.0867 e. The zero-order valence-electron chi connectivity index (χ0n) is 7.23. The molecule has 2 heterocycles. The minimum atomic E-state index is 0.560. The van der Waals surface area contributed by atoms with Crippen molar-refractivity contribution in [3.8, 4) is 0 Å². The van der Waals surface area contributed by atoms with Crippen LogP contribution in [0.4, 0.5) is 0 Å². The second-order valence-corrected chi connectivity index (χ2v) is 3.22. The van der Waals surface area contributed by atoms with Gasteiger partial charge in [0.2, 0.25) is 0 Å². The first-order valence-electron chi connectivity index (χ1n) is 4.07. The van der Waals surface area contributed by atoms with Crippen LogP contribution < -0.4 is 0 Å². The molecule has 0 aliphatic carbocycles. The van der Waals surface area contributed by atoms with Crippen molar-refractivity contribution in [3.63, 3.8) is 0 Å². The Morgan fingerprint density at radius 3 is 3.00 bits per heavy atom. The number of aromatic nitrogens is 3. The number of hydrogen-bond donors (Lipinski definition) is 0. The molecule has 3 nitrogen and oxygen atoms in total. The fraction of sp³-hybridized carbons (Fsp3) is 0.333. The number of fused-ring (bicyclic) bond motifs is 1. The summed E-state index contributed by atoms with van der Waals surface area (Å²) in [6.07, 6.45) is 3.71. The second kappa shape index (κ2) is 2.59. The Morgan fingerprint density at radius 2 is 2.25 bits per heavy atom. The van der Waals surface area contributed by atoms with Crippen LogP contribution in [0.1, 0.15) is 25.3 Å². The van der Waals surface area contributed by atoms with E-state index in [-0.39, 0.29) is 0 Å². The Kier molecular flexibility index (Phi) is 1.57. The maximum atomic E-state index is 3.89. The van der Waals surface area contributed by atoms with E-state index in [1.807, 2.05) is 6.20 Å². The molecular formula is C9H11N3. The lowest BCUT2D eigenvalue weighted by Crippen LogP contribution is -1.91. The van der Waals surface area contributed by atoms with Crippen LogP contribution in [-0.2, 0) is 0 Å². The molecule has 0 radical (unpaired) electrons. The van der Waals surface area contributed by atoms with Gasteiger partial charge in [-0.15, -0.1) is 5.10 Å². The van der Waals surface area contributed by atoms with Gasteiger partial charge in [-0.1, -0.05) is 19.1 Å². The van der Waals surface area contributed by atoms with Gasteiger partial charge in [0.05, 0.1) is 11.7 Å². The highest BCUT2D eigenvalue weighted by Gasteiger charge is 2.00. The monoisotopic (exact) mass is 161 g/mol. The van der Waals surface area contributed by atoms with Gasteiger partial charge < -0.3 is 0 Å². The molecule has 0 saturated heterocycles. The van der Waals surface area contributed by atoms with Crippen molar-refractivity contribution in [2.45, 2.75) is 19.8 Å². The maximum absolute atomic E-state index is 3.89. The number of nitrogens with zero attached hydrogens (tertiary/aromatic N) is 3. The normalized spacial score (nSPS) is 11.2. The molecule has 2 aromatic rings. The molecule has 0 spiro atoms. The third-order valence-corrected chi connectivity index (χ3v) is 1.99. The summed E-state index contributed by atoms with van der Waals surface area (Å²) in [5, 5.41) is 7.70. The van der Waals surface area contributed by atoms with Crippen molar-refractivity contribution in [2.24, 2.45) is 0 Å². The fourth-order valence-corrected chi connectivity index (χ4v) is 1.21. The molecule has 0 saturated carbocycles. The Hall–Kier alpha value is -1.38. The van der Waals surface area contributed by atoms with Crippen molar-refractivity contribution < 1.29 is 0 Å². The molecule has 0 amide bonds. The SMILES string of the molecule is CC(C)c1ccn2nncc2c1. The summed E-state index contributed by atoms with van der Waals surface area (Å²) >= 11 is 0.